The number of hydrogen-bond donors (Lipinski definition) is 1. The second-order valence-electron chi connectivity index (χ2n) is 4.98. The molecular formula is C15H18BrNO4. The minimum absolute atomic E-state index is 0.0905. The van der Waals surface area contributed by atoms with Crippen LogP contribution in [0.2, 0.25) is 0 Å². The third-order valence-electron chi connectivity index (χ3n) is 3.49. The molecular weight excluding hydrogens is 338 g/mol. The summed E-state index contributed by atoms with van der Waals surface area (Å²) < 4.78 is 11.3. The monoisotopic (exact) mass is 355 g/mol. The Morgan fingerprint density at radius 3 is 2.71 bits per heavy atom. The van der Waals surface area contributed by atoms with Gasteiger partial charge in [0.15, 0.2) is 24.4 Å². The smallest absolute Gasteiger partial charge is 0.258 e. The molecule has 1 N–H and O–H groups in total. The van der Waals surface area contributed by atoms with Crippen LogP contribution in [0, 0.1) is 0 Å². The third kappa shape index (κ3) is 4.20. The standard InChI is InChI=1S/C15H18BrNO4/c1-20-13-7-12(16)10(8-18)6-14(13)21-9-15(19)17-11-4-2-3-5-11/h6-8,11H,2-5,9H2,1H3,(H,17,19). The van der Waals surface area contributed by atoms with Crippen molar-refractivity contribution in [3.63, 3.8) is 0 Å². The van der Waals surface area contributed by atoms with Crippen LogP contribution in [-0.2, 0) is 4.79 Å². The van der Waals surface area contributed by atoms with E-state index in [1.165, 1.54) is 7.11 Å². The zero-order valence-electron chi connectivity index (χ0n) is 11.9. The van der Waals surface area contributed by atoms with Crippen LogP contribution in [-0.4, -0.2) is 32.0 Å². The van der Waals surface area contributed by atoms with Crippen molar-refractivity contribution in [2.75, 3.05) is 13.7 Å². The SMILES string of the molecule is COc1cc(Br)c(C=O)cc1OCC(=O)NC1CCCC1. The van der Waals surface area contributed by atoms with Gasteiger partial charge in [-0.2, -0.15) is 0 Å². The number of ether oxygens (including phenoxy) is 2. The van der Waals surface area contributed by atoms with Crippen molar-refractivity contribution >= 4 is 28.1 Å². The number of rotatable bonds is 6. The van der Waals surface area contributed by atoms with Gasteiger partial charge in [-0.15, -0.1) is 0 Å². The Morgan fingerprint density at radius 1 is 1.38 bits per heavy atom. The van der Waals surface area contributed by atoms with Gasteiger partial charge in [0, 0.05) is 16.1 Å². The maximum atomic E-state index is 11.8. The molecule has 2 rings (SSSR count). The predicted molar refractivity (Wildman–Crippen MR) is 82.0 cm³/mol. The molecule has 1 aliphatic rings. The van der Waals surface area contributed by atoms with E-state index in [0.717, 1.165) is 32.0 Å². The Balaban J connectivity index is 1.98. The van der Waals surface area contributed by atoms with E-state index in [2.05, 4.69) is 21.2 Å². The van der Waals surface area contributed by atoms with Crippen LogP contribution < -0.4 is 14.8 Å². The molecule has 0 bridgehead atoms. The highest BCUT2D eigenvalue weighted by Gasteiger charge is 2.18. The van der Waals surface area contributed by atoms with Gasteiger partial charge in [0.2, 0.25) is 0 Å². The maximum absolute atomic E-state index is 11.8. The molecule has 1 saturated carbocycles. The third-order valence-corrected chi connectivity index (χ3v) is 4.18. The van der Waals surface area contributed by atoms with E-state index in [4.69, 9.17) is 9.47 Å². The van der Waals surface area contributed by atoms with E-state index in [1.54, 1.807) is 12.1 Å². The van der Waals surface area contributed by atoms with Crippen molar-refractivity contribution in [2.24, 2.45) is 0 Å². The van der Waals surface area contributed by atoms with Gasteiger partial charge in [-0.05, 0) is 40.9 Å². The van der Waals surface area contributed by atoms with Gasteiger partial charge >= 0.3 is 0 Å². The topological polar surface area (TPSA) is 64.6 Å². The fraction of sp³-hybridized carbons (Fsp3) is 0.467. The molecule has 0 spiro atoms. The largest absolute Gasteiger partial charge is 0.493 e. The Morgan fingerprint density at radius 2 is 2.10 bits per heavy atom. The number of amides is 1. The van der Waals surface area contributed by atoms with E-state index in [9.17, 15) is 9.59 Å². The summed E-state index contributed by atoms with van der Waals surface area (Å²) in [5, 5.41) is 2.94. The van der Waals surface area contributed by atoms with Crippen LogP contribution in [0.3, 0.4) is 0 Å². The Hall–Kier alpha value is -1.56. The van der Waals surface area contributed by atoms with Crippen molar-refractivity contribution in [3.05, 3.63) is 22.2 Å². The normalized spacial score (nSPS) is 14.8. The molecule has 1 amide bonds. The molecule has 0 radical (unpaired) electrons. The molecule has 0 unspecified atom stereocenters. The molecule has 6 heteroatoms. The lowest BCUT2D eigenvalue weighted by Crippen LogP contribution is -2.36. The van der Waals surface area contributed by atoms with Crippen LogP contribution in [0.25, 0.3) is 0 Å². The highest BCUT2D eigenvalue weighted by Crippen LogP contribution is 2.32. The zero-order valence-corrected chi connectivity index (χ0v) is 13.4. The van der Waals surface area contributed by atoms with Crippen molar-refractivity contribution in [1.82, 2.24) is 5.32 Å². The number of methoxy groups -OCH3 is 1. The van der Waals surface area contributed by atoms with E-state index in [-0.39, 0.29) is 18.6 Å². The molecule has 0 aromatic heterocycles. The van der Waals surface area contributed by atoms with Crippen molar-refractivity contribution in [1.29, 1.82) is 0 Å². The molecule has 0 saturated heterocycles. The minimum atomic E-state index is -0.153. The number of hydrogen-bond acceptors (Lipinski definition) is 4. The first-order chi connectivity index (χ1) is 10.1. The average molecular weight is 356 g/mol. The first-order valence-corrected chi connectivity index (χ1v) is 7.68. The molecule has 1 fully saturated rings. The minimum Gasteiger partial charge on any atom is -0.493 e. The molecule has 0 aliphatic heterocycles. The molecule has 21 heavy (non-hydrogen) atoms. The highest BCUT2D eigenvalue weighted by molar-refractivity contribution is 9.10. The van der Waals surface area contributed by atoms with E-state index in [0.29, 0.717) is 21.5 Å². The first kappa shape index (κ1) is 15.8. The summed E-state index contributed by atoms with van der Waals surface area (Å²) in [5.41, 5.74) is 0.446. The highest BCUT2D eigenvalue weighted by atomic mass is 79.9. The number of benzene rings is 1. The van der Waals surface area contributed by atoms with Crippen molar-refractivity contribution in [3.8, 4) is 11.5 Å². The van der Waals surface area contributed by atoms with Crippen LogP contribution in [0.4, 0.5) is 0 Å². The lowest BCUT2D eigenvalue weighted by molar-refractivity contribution is -0.123. The van der Waals surface area contributed by atoms with Gasteiger partial charge in [-0.25, -0.2) is 0 Å². The molecule has 1 aromatic carbocycles. The molecule has 1 aromatic rings. The Labute approximate surface area is 132 Å². The number of nitrogens with one attached hydrogen (secondary N) is 1. The number of carbonyl (C=O) groups excluding carboxylic acids is 2. The molecule has 1 aliphatic carbocycles. The summed E-state index contributed by atoms with van der Waals surface area (Å²) >= 11 is 3.27. The maximum Gasteiger partial charge on any atom is 0.258 e. The van der Waals surface area contributed by atoms with E-state index in [1.807, 2.05) is 0 Å². The molecule has 0 atom stereocenters. The fourth-order valence-corrected chi connectivity index (χ4v) is 2.81. The van der Waals surface area contributed by atoms with Gasteiger partial charge in [-0.3, -0.25) is 9.59 Å². The van der Waals surface area contributed by atoms with Gasteiger partial charge in [0.25, 0.3) is 5.91 Å². The number of halogens is 1. The quantitative estimate of drug-likeness (QED) is 0.796. The predicted octanol–water partition coefficient (Wildman–Crippen LogP) is 2.71. The average Bonchev–Trinajstić information content (AvgIpc) is 2.98. The second-order valence-corrected chi connectivity index (χ2v) is 5.83. The van der Waals surface area contributed by atoms with E-state index < -0.39 is 0 Å². The van der Waals surface area contributed by atoms with Crippen LogP contribution >= 0.6 is 15.9 Å². The van der Waals surface area contributed by atoms with Gasteiger partial charge in [0.1, 0.15) is 0 Å². The van der Waals surface area contributed by atoms with E-state index >= 15 is 0 Å². The van der Waals surface area contributed by atoms with Gasteiger partial charge < -0.3 is 14.8 Å². The summed E-state index contributed by atoms with van der Waals surface area (Å²) in [5.74, 6) is 0.699. The van der Waals surface area contributed by atoms with Crippen LogP contribution in [0.5, 0.6) is 11.5 Å². The van der Waals surface area contributed by atoms with Crippen LogP contribution in [0.15, 0.2) is 16.6 Å². The van der Waals surface area contributed by atoms with Gasteiger partial charge in [-0.1, -0.05) is 12.8 Å². The summed E-state index contributed by atoms with van der Waals surface area (Å²) in [4.78, 5) is 22.8. The van der Waals surface area contributed by atoms with Crippen LogP contribution in [0.1, 0.15) is 36.0 Å². The Kier molecular flexibility index (Phi) is 5.61. The number of aldehydes is 1. The van der Waals surface area contributed by atoms with Gasteiger partial charge in [0.05, 0.1) is 7.11 Å². The van der Waals surface area contributed by atoms with Crippen molar-refractivity contribution < 1.29 is 19.1 Å². The van der Waals surface area contributed by atoms with Crippen molar-refractivity contribution in [2.45, 2.75) is 31.7 Å². The Bertz CT molecular complexity index is 527. The summed E-state index contributed by atoms with van der Waals surface area (Å²) in [6.45, 7) is -0.0905. The lowest BCUT2D eigenvalue weighted by Gasteiger charge is -2.14. The molecule has 114 valence electrons. The molecule has 5 nitrogen and oxygen atoms in total. The second kappa shape index (κ2) is 7.45. The summed E-state index contributed by atoms with van der Waals surface area (Å²) in [6, 6.07) is 3.46. The molecule has 0 heterocycles. The fourth-order valence-electron chi connectivity index (χ4n) is 2.40. The summed E-state index contributed by atoms with van der Waals surface area (Å²) in [7, 11) is 1.51. The first-order valence-electron chi connectivity index (χ1n) is 6.89. The lowest BCUT2D eigenvalue weighted by atomic mass is 10.2. The summed E-state index contributed by atoms with van der Waals surface area (Å²) in [6.07, 6.45) is 5.10. The number of carbonyl (C=O) groups is 2. The zero-order chi connectivity index (χ0) is 15.2.